The van der Waals surface area contributed by atoms with E-state index in [2.05, 4.69) is 5.32 Å². The van der Waals surface area contributed by atoms with Crippen molar-refractivity contribution in [2.75, 3.05) is 43.9 Å². The molecule has 1 saturated heterocycles. The minimum absolute atomic E-state index is 0.0884. The number of piperidine rings is 1. The van der Waals surface area contributed by atoms with Crippen molar-refractivity contribution in [2.24, 2.45) is 5.92 Å². The van der Waals surface area contributed by atoms with Crippen LogP contribution < -0.4 is 15.0 Å². The smallest absolute Gasteiger partial charge is 0.321 e. The molecule has 2 aromatic carbocycles. The predicted molar refractivity (Wildman–Crippen MR) is 122 cm³/mol. The van der Waals surface area contributed by atoms with Gasteiger partial charge in [-0.1, -0.05) is 30.3 Å². The van der Waals surface area contributed by atoms with Crippen LogP contribution >= 0.6 is 0 Å². The van der Waals surface area contributed by atoms with Crippen molar-refractivity contribution in [3.8, 4) is 5.75 Å². The first kappa shape index (κ1) is 21.7. The summed E-state index contributed by atoms with van der Waals surface area (Å²) in [7, 11) is 3.34. The summed E-state index contributed by atoms with van der Waals surface area (Å²) in [5.74, 6) is -0.104. The summed E-state index contributed by atoms with van der Waals surface area (Å²) in [6.07, 6.45) is 0.676. The van der Waals surface area contributed by atoms with Crippen molar-refractivity contribution >= 4 is 29.2 Å². The maximum atomic E-state index is 13.6. The van der Waals surface area contributed by atoms with Crippen LogP contribution in [-0.2, 0) is 9.59 Å². The van der Waals surface area contributed by atoms with E-state index in [1.165, 1.54) is 4.90 Å². The Bertz CT molecular complexity index is 995. The molecule has 1 fully saturated rings. The number of rotatable bonds is 3. The van der Waals surface area contributed by atoms with Gasteiger partial charge in [-0.05, 0) is 37.1 Å². The summed E-state index contributed by atoms with van der Waals surface area (Å²) in [5.41, 5.74) is 1.38. The first-order valence-corrected chi connectivity index (χ1v) is 10.8. The number of likely N-dealkylation sites (N-methyl/N-ethyl adjacent to an activating group) is 1. The largest absolute Gasteiger partial charge is 0.476 e. The van der Waals surface area contributed by atoms with Gasteiger partial charge in [0.05, 0.1) is 18.2 Å². The van der Waals surface area contributed by atoms with Crippen molar-refractivity contribution in [3.05, 3.63) is 54.6 Å². The van der Waals surface area contributed by atoms with E-state index in [1.54, 1.807) is 30.0 Å². The quantitative estimate of drug-likeness (QED) is 0.802. The molecule has 0 aliphatic carbocycles. The second kappa shape index (κ2) is 9.30. The van der Waals surface area contributed by atoms with Gasteiger partial charge < -0.3 is 24.8 Å². The number of amides is 4. The van der Waals surface area contributed by atoms with Gasteiger partial charge in [0.2, 0.25) is 5.91 Å². The summed E-state index contributed by atoms with van der Waals surface area (Å²) in [5, 5.41) is 2.89. The summed E-state index contributed by atoms with van der Waals surface area (Å²) < 4.78 is 5.89. The SMILES string of the molecule is CN(C)C(=O)C1CN(C(=O)C2CCCN(C(=O)Nc3ccccc3)C2)c2ccccc2O1. The zero-order chi connectivity index (χ0) is 22.7. The Morgan fingerprint density at radius 3 is 2.47 bits per heavy atom. The van der Waals surface area contributed by atoms with Crippen molar-refractivity contribution < 1.29 is 19.1 Å². The van der Waals surface area contributed by atoms with Crippen LogP contribution in [-0.4, -0.2) is 67.5 Å². The lowest BCUT2D eigenvalue weighted by atomic mass is 9.95. The molecule has 2 atom stereocenters. The number of nitrogens with one attached hydrogen (secondary N) is 1. The third-order valence-corrected chi connectivity index (χ3v) is 5.84. The number of hydrogen-bond acceptors (Lipinski definition) is 4. The molecule has 8 nitrogen and oxygen atoms in total. The van der Waals surface area contributed by atoms with Gasteiger partial charge >= 0.3 is 6.03 Å². The molecule has 0 radical (unpaired) electrons. The Morgan fingerprint density at radius 2 is 1.72 bits per heavy atom. The molecule has 2 aliphatic rings. The predicted octanol–water partition coefficient (Wildman–Crippen LogP) is 2.81. The number of nitrogens with zero attached hydrogens (tertiary/aromatic N) is 3. The van der Waals surface area contributed by atoms with E-state index in [1.807, 2.05) is 48.5 Å². The number of carbonyl (C=O) groups excluding carboxylic acids is 3. The van der Waals surface area contributed by atoms with Gasteiger partial charge in [0.1, 0.15) is 5.75 Å². The number of para-hydroxylation sites is 3. The average molecular weight is 437 g/mol. The summed E-state index contributed by atoms with van der Waals surface area (Å²) in [4.78, 5) is 43.7. The lowest BCUT2D eigenvalue weighted by molar-refractivity contribution is -0.136. The number of likely N-dealkylation sites (tertiary alicyclic amines) is 1. The van der Waals surface area contributed by atoms with Crippen molar-refractivity contribution in [1.82, 2.24) is 9.80 Å². The molecule has 32 heavy (non-hydrogen) atoms. The molecule has 0 bridgehead atoms. The van der Waals surface area contributed by atoms with Gasteiger partial charge in [0, 0.05) is 32.9 Å². The first-order valence-electron chi connectivity index (χ1n) is 10.8. The average Bonchev–Trinajstić information content (AvgIpc) is 2.83. The lowest BCUT2D eigenvalue weighted by Crippen LogP contribution is -2.54. The highest BCUT2D eigenvalue weighted by molar-refractivity contribution is 5.99. The number of urea groups is 1. The van der Waals surface area contributed by atoms with E-state index in [4.69, 9.17) is 4.74 Å². The molecule has 0 spiro atoms. The molecule has 4 amide bonds. The molecule has 2 aromatic rings. The highest BCUT2D eigenvalue weighted by Crippen LogP contribution is 2.35. The third-order valence-electron chi connectivity index (χ3n) is 5.84. The zero-order valence-electron chi connectivity index (χ0n) is 18.4. The molecule has 4 rings (SSSR count). The van der Waals surface area contributed by atoms with Crippen molar-refractivity contribution in [3.63, 3.8) is 0 Å². The third kappa shape index (κ3) is 4.54. The Morgan fingerprint density at radius 1 is 1.00 bits per heavy atom. The monoisotopic (exact) mass is 436 g/mol. The minimum Gasteiger partial charge on any atom is -0.476 e. The highest BCUT2D eigenvalue weighted by atomic mass is 16.5. The second-order valence-electron chi connectivity index (χ2n) is 8.34. The van der Waals surface area contributed by atoms with Crippen LogP contribution in [0.2, 0.25) is 0 Å². The highest BCUT2D eigenvalue weighted by Gasteiger charge is 2.38. The molecule has 8 heteroatoms. The summed E-state index contributed by atoms with van der Waals surface area (Å²) in [6, 6.07) is 16.3. The fourth-order valence-electron chi connectivity index (χ4n) is 4.17. The Kier molecular flexibility index (Phi) is 6.30. The van der Waals surface area contributed by atoms with Gasteiger partial charge in [-0.2, -0.15) is 0 Å². The van der Waals surface area contributed by atoms with E-state index in [0.717, 1.165) is 12.1 Å². The topological polar surface area (TPSA) is 82.2 Å². The van der Waals surface area contributed by atoms with Gasteiger partial charge in [-0.15, -0.1) is 0 Å². The van der Waals surface area contributed by atoms with E-state index in [0.29, 0.717) is 30.9 Å². The number of hydrogen-bond donors (Lipinski definition) is 1. The molecule has 0 aromatic heterocycles. The minimum atomic E-state index is -0.759. The zero-order valence-corrected chi connectivity index (χ0v) is 18.4. The molecule has 168 valence electrons. The molecule has 2 aliphatic heterocycles. The van der Waals surface area contributed by atoms with E-state index >= 15 is 0 Å². The lowest BCUT2D eigenvalue weighted by Gasteiger charge is -2.39. The maximum absolute atomic E-state index is 13.6. The normalized spacial score (nSPS) is 20.1. The fraction of sp³-hybridized carbons (Fsp3) is 0.375. The first-order chi connectivity index (χ1) is 15.4. The van der Waals surface area contributed by atoms with Crippen LogP contribution in [0, 0.1) is 5.92 Å². The Hall–Kier alpha value is -3.55. The second-order valence-corrected chi connectivity index (χ2v) is 8.34. The molecule has 0 saturated carbocycles. The van der Waals surface area contributed by atoms with Crippen LogP contribution in [0.3, 0.4) is 0 Å². The van der Waals surface area contributed by atoms with E-state index < -0.39 is 6.10 Å². The van der Waals surface area contributed by atoms with Crippen molar-refractivity contribution in [1.29, 1.82) is 0 Å². The summed E-state index contributed by atoms with van der Waals surface area (Å²) in [6.45, 7) is 1.09. The molecule has 2 heterocycles. The van der Waals surface area contributed by atoms with Crippen molar-refractivity contribution in [2.45, 2.75) is 18.9 Å². The van der Waals surface area contributed by atoms with E-state index in [9.17, 15) is 14.4 Å². The van der Waals surface area contributed by atoms with Gasteiger partial charge in [-0.3, -0.25) is 9.59 Å². The van der Waals surface area contributed by atoms with Crippen LogP contribution in [0.1, 0.15) is 12.8 Å². The van der Waals surface area contributed by atoms with Crippen LogP contribution in [0.4, 0.5) is 16.2 Å². The Labute approximate surface area is 187 Å². The molecule has 1 N–H and O–H groups in total. The standard InChI is InChI=1S/C24H28N4O4/c1-26(2)23(30)21-16-28(19-12-6-7-13-20(19)32-21)22(29)17-9-8-14-27(15-17)24(31)25-18-10-4-3-5-11-18/h3-7,10-13,17,21H,8-9,14-16H2,1-2H3,(H,25,31). The van der Waals surface area contributed by atoms with Crippen LogP contribution in [0.25, 0.3) is 0 Å². The number of anilines is 2. The fourth-order valence-corrected chi connectivity index (χ4v) is 4.17. The molecule has 2 unspecified atom stereocenters. The molecular weight excluding hydrogens is 408 g/mol. The Balaban J connectivity index is 1.50. The number of fused-ring (bicyclic) bond motifs is 1. The van der Waals surface area contributed by atoms with Crippen LogP contribution in [0.15, 0.2) is 54.6 Å². The number of carbonyl (C=O) groups is 3. The van der Waals surface area contributed by atoms with Gasteiger partial charge in [0.25, 0.3) is 5.91 Å². The van der Waals surface area contributed by atoms with Crippen LogP contribution in [0.5, 0.6) is 5.75 Å². The number of benzene rings is 2. The maximum Gasteiger partial charge on any atom is 0.321 e. The van der Waals surface area contributed by atoms with E-state index in [-0.39, 0.29) is 30.3 Å². The summed E-state index contributed by atoms with van der Waals surface area (Å²) >= 11 is 0. The van der Waals surface area contributed by atoms with Gasteiger partial charge in [-0.25, -0.2) is 4.79 Å². The molecular formula is C24H28N4O4. The number of ether oxygens (including phenoxy) is 1. The van der Waals surface area contributed by atoms with Gasteiger partial charge in [0.15, 0.2) is 6.10 Å².